The van der Waals surface area contributed by atoms with Gasteiger partial charge in [0.1, 0.15) is 29.0 Å². The molecule has 3 rings (SSSR count). The second-order valence-corrected chi connectivity index (χ2v) is 7.09. The molecule has 0 saturated carbocycles. The number of carbonyl (C=O) groups excluding carboxylic acids is 2. The van der Waals surface area contributed by atoms with Crippen molar-refractivity contribution in [3.05, 3.63) is 94.5 Å². The highest BCUT2D eigenvalue weighted by Crippen LogP contribution is 2.26. The van der Waals surface area contributed by atoms with Crippen LogP contribution in [0.3, 0.4) is 0 Å². The van der Waals surface area contributed by atoms with Gasteiger partial charge in [-0.15, -0.1) is 0 Å². The van der Waals surface area contributed by atoms with Gasteiger partial charge in [0.2, 0.25) is 0 Å². The molecule has 3 aromatic rings. The predicted octanol–water partition coefficient (Wildman–Crippen LogP) is 5.18. The van der Waals surface area contributed by atoms with Gasteiger partial charge in [-0.1, -0.05) is 11.6 Å². The van der Waals surface area contributed by atoms with Crippen molar-refractivity contribution in [3.63, 3.8) is 0 Å². The molecular formula is C24H16ClF2N3O3. The van der Waals surface area contributed by atoms with Gasteiger partial charge in [-0.2, -0.15) is 5.26 Å². The van der Waals surface area contributed by atoms with E-state index < -0.39 is 23.4 Å². The first-order valence-corrected chi connectivity index (χ1v) is 9.88. The SMILES string of the molecule is N#C/C(=C\c1cc(Cl)ccc1OCC(=O)Nc1ccc(F)cc1)C(=O)Nc1ccc(F)cc1. The Morgan fingerprint density at radius 2 is 1.52 bits per heavy atom. The number of hydrogen-bond acceptors (Lipinski definition) is 4. The molecule has 0 saturated heterocycles. The lowest BCUT2D eigenvalue weighted by atomic mass is 10.1. The van der Waals surface area contributed by atoms with E-state index in [-0.39, 0.29) is 17.9 Å². The first-order chi connectivity index (χ1) is 15.8. The third kappa shape index (κ3) is 6.89. The van der Waals surface area contributed by atoms with Crippen LogP contribution in [0.15, 0.2) is 72.3 Å². The van der Waals surface area contributed by atoms with Gasteiger partial charge in [0.05, 0.1) is 0 Å². The van der Waals surface area contributed by atoms with E-state index >= 15 is 0 Å². The number of anilines is 2. The lowest BCUT2D eigenvalue weighted by Gasteiger charge is -2.11. The summed E-state index contributed by atoms with van der Waals surface area (Å²) in [5, 5.41) is 14.8. The first kappa shape index (κ1) is 23.4. The highest BCUT2D eigenvalue weighted by atomic mass is 35.5. The van der Waals surface area contributed by atoms with E-state index in [1.165, 1.54) is 72.8 Å². The van der Waals surface area contributed by atoms with Crippen LogP contribution in [0.5, 0.6) is 5.75 Å². The summed E-state index contributed by atoms with van der Waals surface area (Å²) in [7, 11) is 0. The molecular weight excluding hydrogens is 452 g/mol. The van der Waals surface area contributed by atoms with E-state index in [2.05, 4.69) is 10.6 Å². The zero-order valence-corrected chi connectivity index (χ0v) is 17.7. The number of nitrogens with one attached hydrogen (secondary N) is 2. The van der Waals surface area contributed by atoms with Gasteiger partial charge in [0, 0.05) is 22.0 Å². The fourth-order valence-corrected chi connectivity index (χ4v) is 2.85. The van der Waals surface area contributed by atoms with Gasteiger partial charge in [-0.05, 0) is 72.8 Å². The molecule has 2 N–H and O–H groups in total. The summed E-state index contributed by atoms with van der Waals surface area (Å²) >= 11 is 6.04. The Morgan fingerprint density at radius 3 is 2.09 bits per heavy atom. The average molecular weight is 468 g/mol. The highest BCUT2D eigenvalue weighted by molar-refractivity contribution is 6.30. The van der Waals surface area contributed by atoms with Crippen LogP contribution in [0, 0.1) is 23.0 Å². The standard InChI is InChI=1S/C24H16ClF2N3O3/c25-17-1-10-22(33-14-23(31)29-20-6-2-18(26)3-7-20)15(12-17)11-16(13-28)24(32)30-21-8-4-19(27)5-9-21/h1-12H,14H2,(H,29,31)(H,30,32)/b16-11+. The second-order valence-electron chi connectivity index (χ2n) is 6.66. The monoisotopic (exact) mass is 467 g/mol. The van der Waals surface area contributed by atoms with E-state index in [4.69, 9.17) is 16.3 Å². The molecule has 0 unspecified atom stereocenters. The molecule has 166 valence electrons. The first-order valence-electron chi connectivity index (χ1n) is 9.50. The molecule has 0 bridgehead atoms. The van der Waals surface area contributed by atoms with Crippen LogP contribution in [0.1, 0.15) is 5.56 Å². The molecule has 33 heavy (non-hydrogen) atoms. The molecule has 0 spiro atoms. The number of amides is 2. The third-order valence-electron chi connectivity index (χ3n) is 4.23. The number of halogens is 3. The van der Waals surface area contributed by atoms with E-state index in [1.54, 1.807) is 6.07 Å². The second kappa shape index (κ2) is 10.9. The molecule has 3 aromatic carbocycles. The Labute approximate surface area is 193 Å². The van der Waals surface area contributed by atoms with Gasteiger partial charge < -0.3 is 15.4 Å². The summed E-state index contributed by atoms with van der Waals surface area (Å²) in [5.41, 5.74) is 0.734. The van der Waals surface area contributed by atoms with Crippen LogP contribution in [0.2, 0.25) is 5.02 Å². The van der Waals surface area contributed by atoms with Gasteiger partial charge in [0.15, 0.2) is 6.61 Å². The van der Waals surface area contributed by atoms with Crippen LogP contribution in [-0.4, -0.2) is 18.4 Å². The van der Waals surface area contributed by atoms with Crippen molar-refractivity contribution in [2.45, 2.75) is 0 Å². The minimum absolute atomic E-state index is 0.205. The van der Waals surface area contributed by atoms with Crippen LogP contribution in [0.4, 0.5) is 20.2 Å². The lowest BCUT2D eigenvalue weighted by Crippen LogP contribution is -2.20. The van der Waals surface area contributed by atoms with Crippen molar-refractivity contribution in [1.29, 1.82) is 5.26 Å². The number of nitriles is 1. The maximum Gasteiger partial charge on any atom is 0.266 e. The maximum atomic E-state index is 13.0. The fourth-order valence-electron chi connectivity index (χ4n) is 2.67. The number of carbonyl (C=O) groups is 2. The van der Waals surface area contributed by atoms with Crippen molar-refractivity contribution in [3.8, 4) is 11.8 Å². The topological polar surface area (TPSA) is 91.2 Å². The molecule has 0 atom stereocenters. The summed E-state index contributed by atoms with van der Waals surface area (Å²) in [6.45, 7) is -0.385. The van der Waals surface area contributed by atoms with Crippen LogP contribution in [-0.2, 0) is 9.59 Å². The predicted molar refractivity (Wildman–Crippen MR) is 121 cm³/mol. The molecule has 0 aromatic heterocycles. The van der Waals surface area contributed by atoms with Gasteiger partial charge >= 0.3 is 0 Å². The molecule has 9 heteroatoms. The Bertz CT molecular complexity index is 1240. The van der Waals surface area contributed by atoms with E-state index in [0.717, 1.165) is 0 Å². The van der Waals surface area contributed by atoms with Crippen molar-refractivity contribution >= 4 is 40.9 Å². The van der Waals surface area contributed by atoms with Gasteiger partial charge in [-0.3, -0.25) is 9.59 Å². The summed E-state index contributed by atoms with van der Waals surface area (Å²) < 4.78 is 31.6. The van der Waals surface area contributed by atoms with Crippen molar-refractivity contribution in [2.75, 3.05) is 17.2 Å². The fraction of sp³-hybridized carbons (Fsp3) is 0.0417. The minimum atomic E-state index is -0.718. The summed E-state index contributed by atoms with van der Waals surface area (Å²) in [5.74, 6) is -1.91. The molecule has 0 radical (unpaired) electrons. The van der Waals surface area contributed by atoms with E-state index in [0.29, 0.717) is 22.0 Å². The third-order valence-corrected chi connectivity index (χ3v) is 4.46. The van der Waals surface area contributed by atoms with Crippen LogP contribution in [0.25, 0.3) is 6.08 Å². The Hall–Kier alpha value is -4.22. The molecule has 2 amide bonds. The largest absolute Gasteiger partial charge is 0.483 e. The zero-order valence-electron chi connectivity index (χ0n) is 16.9. The summed E-state index contributed by atoms with van der Waals surface area (Å²) in [6.07, 6.45) is 1.26. The number of rotatable bonds is 7. The molecule has 6 nitrogen and oxygen atoms in total. The minimum Gasteiger partial charge on any atom is -0.483 e. The normalized spacial score (nSPS) is 10.8. The summed E-state index contributed by atoms with van der Waals surface area (Å²) in [4.78, 5) is 24.6. The number of benzene rings is 3. The highest BCUT2D eigenvalue weighted by Gasteiger charge is 2.13. The Balaban J connectivity index is 1.73. The van der Waals surface area contributed by atoms with Crippen molar-refractivity contribution in [1.82, 2.24) is 0 Å². The molecule has 0 aliphatic heterocycles. The Kier molecular flexibility index (Phi) is 7.73. The molecule has 0 fully saturated rings. The van der Waals surface area contributed by atoms with Crippen molar-refractivity contribution in [2.24, 2.45) is 0 Å². The smallest absolute Gasteiger partial charge is 0.266 e. The number of ether oxygens (including phenoxy) is 1. The van der Waals surface area contributed by atoms with E-state index in [1.807, 2.05) is 0 Å². The average Bonchev–Trinajstić information content (AvgIpc) is 2.79. The van der Waals surface area contributed by atoms with Crippen LogP contribution < -0.4 is 15.4 Å². The summed E-state index contributed by atoms with van der Waals surface area (Å²) in [6, 6.07) is 16.6. The van der Waals surface area contributed by atoms with Gasteiger partial charge in [0.25, 0.3) is 11.8 Å². The number of hydrogen-bond donors (Lipinski definition) is 2. The maximum absolute atomic E-state index is 13.0. The molecule has 0 heterocycles. The molecule has 0 aliphatic rings. The molecule has 0 aliphatic carbocycles. The van der Waals surface area contributed by atoms with E-state index in [9.17, 15) is 23.6 Å². The van der Waals surface area contributed by atoms with Crippen LogP contribution >= 0.6 is 11.6 Å². The quantitative estimate of drug-likeness (QED) is 0.370. The van der Waals surface area contributed by atoms with Gasteiger partial charge in [-0.25, -0.2) is 8.78 Å². The zero-order chi connectivity index (χ0) is 23.8. The number of nitrogens with zero attached hydrogens (tertiary/aromatic N) is 1. The lowest BCUT2D eigenvalue weighted by molar-refractivity contribution is -0.118. The van der Waals surface area contributed by atoms with Crippen molar-refractivity contribution < 1.29 is 23.1 Å². The Morgan fingerprint density at radius 1 is 0.939 bits per heavy atom.